The Bertz CT molecular complexity index is 564. The summed E-state index contributed by atoms with van der Waals surface area (Å²) >= 11 is 3.35. The van der Waals surface area contributed by atoms with Gasteiger partial charge in [0.2, 0.25) is 0 Å². The molecule has 2 heteroatoms. The van der Waals surface area contributed by atoms with Crippen LogP contribution in [0, 0.1) is 11.8 Å². The summed E-state index contributed by atoms with van der Waals surface area (Å²) in [6.45, 7) is 0. The van der Waals surface area contributed by atoms with E-state index in [0.29, 0.717) is 0 Å². The van der Waals surface area contributed by atoms with E-state index in [9.17, 15) is 0 Å². The second kappa shape index (κ2) is 5.05. The third-order valence-corrected chi connectivity index (χ3v) is 2.71. The van der Waals surface area contributed by atoms with Gasteiger partial charge in [0.15, 0.2) is 0 Å². The fourth-order valence-corrected chi connectivity index (χ4v) is 1.75. The first-order valence-electron chi connectivity index (χ1n) is 5.14. The first-order chi connectivity index (χ1) is 7.79. The smallest absolute Gasteiger partial charge is 0.0320 e. The molecular weight excluding hydrogens is 262 g/mol. The molecule has 2 N–H and O–H groups in total. The summed E-state index contributed by atoms with van der Waals surface area (Å²) in [5, 5.41) is 3.26. The maximum absolute atomic E-state index is 5.73. The van der Waals surface area contributed by atoms with E-state index in [4.69, 9.17) is 5.73 Å². The van der Waals surface area contributed by atoms with E-state index < -0.39 is 0 Å². The zero-order valence-corrected chi connectivity index (χ0v) is 10.4. The van der Waals surface area contributed by atoms with Crippen LogP contribution in [0.3, 0.4) is 0 Å². The Morgan fingerprint density at radius 2 is 1.81 bits per heavy atom. The Kier molecular flexibility index (Phi) is 3.48. The van der Waals surface area contributed by atoms with Gasteiger partial charge in [-0.15, -0.1) is 0 Å². The van der Waals surface area contributed by atoms with Crippen LogP contribution in [0.5, 0.6) is 0 Å². The molecule has 0 aliphatic rings. The van der Waals surface area contributed by atoms with Crippen LogP contribution < -0.4 is 5.73 Å². The van der Waals surface area contributed by atoms with Crippen LogP contribution in [0.1, 0.15) is 12.0 Å². The van der Waals surface area contributed by atoms with Crippen molar-refractivity contribution in [1.29, 1.82) is 0 Å². The molecule has 1 nitrogen and oxygen atoms in total. The van der Waals surface area contributed by atoms with Gasteiger partial charge in [-0.3, -0.25) is 0 Å². The maximum atomic E-state index is 5.73. The molecule has 0 saturated heterocycles. The number of fused-ring (bicyclic) bond motifs is 1. The van der Waals surface area contributed by atoms with Crippen LogP contribution in [0.15, 0.2) is 36.4 Å². The molecule has 0 fully saturated rings. The lowest BCUT2D eigenvalue weighted by atomic mass is 10.1. The van der Waals surface area contributed by atoms with Gasteiger partial charge >= 0.3 is 0 Å². The maximum Gasteiger partial charge on any atom is 0.0320 e. The molecule has 16 heavy (non-hydrogen) atoms. The van der Waals surface area contributed by atoms with E-state index in [0.717, 1.165) is 28.4 Å². The number of alkyl halides is 1. The zero-order valence-electron chi connectivity index (χ0n) is 8.83. The normalized spacial score (nSPS) is 9.81. The summed E-state index contributed by atoms with van der Waals surface area (Å²) in [6, 6.07) is 12.1. The molecule has 0 aliphatic carbocycles. The highest BCUT2D eigenvalue weighted by Gasteiger charge is 1.94. The second-order valence-electron chi connectivity index (χ2n) is 3.56. The molecule has 0 radical (unpaired) electrons. The van der Waals surface area contributed by atoms with E-state index in [1.165, 1.54) is 5.39 Å². The first kappa shape index (κ1) is 11.0. The van der Waals surface area contributed by atoms with Gasteiger partial charge in [-0.1, -0.05) is 39.9 Å². The Hall–Kier alpha value is -1.46. The lowest BCUT2D eigenvalue weighted by Gasteiger charge is -1.99. The number of halogens is 1. The number of hydrogen-bond acceptors (Lipinski definition) is 1. The monoisotopic (exact) mass is 273 g/mol. The van der Waals surface area contributed by atoms with Crippen LogP contribution in [0.25, 0.3) is 10.8 Å². The molecule has 0 bridgehead atoms. The number of benzene rings is 2. The van der Waals surface area contributed by atoms with Crippen molar-refractivity contribution >= 4 is 32.4 Å². The van der Waals surface area contributed by atoms with Gasteiger partial charge in [0.1, 0.15) is 0 Å². The summed E-state index contributed by atoms with van der Waals surface area (Å²) < 4.78 is 0. The number of rotatable bonds is 1. The summed E-state index contributed by atoms with van der Waals surface area (Å²) in [4.78, 5) is 0. The molecule has 0 unspecified atom stereocenters. The summed E-state index contributed by atoms with van der Waals surface area (Å²) in [7, 11) is 0. The molecule has 0 heterocycles. The highest BCUT2D eigenvalue weighted by Crippen LogP contribution is 2.18. The van der Waals surface area contributed by atoms with Crippen LogP contribution in [0.2, 0.25) is 0 Å². The number of nitrogens with two attached hydrogens (primary N) is 1. The second-order valence-corrected chi connectivity index (χ2v) is 4.36. The van der Waals surface area contributed by atoms with Gasteiger partial charge in [0.05, 0.1) is 0 Å². The standard InChI is InChI=1S/C14H12BrN/c15-8-2-1-3-11-4-5-13-10-14(16)7-6-12(13)9-11/h4-7,9-10H,2,8,16H2. The highest BCUT2D eigenvalue weighted by molar-refractivity contribution is 9.09. The molecular formula is C14H12BrN. The predicted octanol–water partition coefficient (Wildman–Crippen LogP) is 3.56. The Labute approximate surface area is 104 Å². The summed E-state index contributed by atoms with van der Waals surface area (Å²) in [6.07, 6.45) is 0.875. The van der Waals surface area contributed by atoms with Crippen molar-refractivity contribution in [2.45, 2.75) is 6.42 Å². The average Bonchev–Trinajstić information content (AvgIpc) is 2.29. The van der Waals surface area contributed by atoms with Crippen molar-refractivity contribution in [2.75, 3.05) is 11.1 Å². The van der Waals surface area contributed by atoms with Crippen LogP contribution in [-0.2, 0) is 0 Å². The van der Waals surface area contributed by atoms with E-state index in [1.54, 1.807) is 0 Å². The molecule has 2 rings (SSSR count). The van der Waals surface area contributed by atoms with Crippen molar-refractivity contribution in [3.8, 4) is 11.8 Å². The van der Waals surface area contributed by atoms with Crippen molar-refractivity contribution in [2.24, 2.45) is 0 Å². The topological polar surface area (TPSA) is 26.0 Å². The Morgan fingerprint density at radius 3 is 2.62 bits per heavy atom. The molecule has 0 aromatic heterocycles. The van der Waals surface area contributed by atoms with Gasteiger partial charge in [-0.25, -0.2) is 0 Å². The molecule has 0 atom stereocenters. The molecule has 0 amide bonds. The molecule has 80 valence electrons. The largest absolute Gasteiger partial charge is 0.399 e. The molecule has 2 aromatic rings. The molecule has 0 aliphatic heterocycles. The fourth-order valence-electron chi connectivity index (χ4n) is 1.55. The van der Waals surface area contributed by atoms with Crippen LogP contribution in [0.4, 0.5) is 5.69 Å². The van der Waals surface area contributed by atoms with Gasteiger partial charge < -0.3 is 5.73 Å². The van der Waals surface area contributed by atoms with Gasteiger partial charge in [0, 0.05) is 23.0 Å². The Morgan fingerprint density at radius 1 is 1.06 bits per heavy atom. The van der Waals surface area contributed by atoms with Gasteiger partial charge in [0.25, 0.3) is 0 Å². The van der Waals surface area contributed by atoms with E-state index >= 15 is 0 Å². The van der Waals surface area contributed by atoms with E-state index in [-0.39, 0.29) is 0 Å². The summed E-state index contributed by atoms with van der Waals surface area (Å²) in [5.74, 6) is 6.25. The minimum atomic E-state index is 0.797. The highest BCUT2D eigenvalue weighted by atomic mass is 79.9. The molecule has 0 saturated carbocycles. The average molecular weight is 274 g/mol. The SMILES string of the molecule is Nc1ccc2cc(C#CCCBr)ccc2c1. The minimum Gasteiger partial charge on any atom is -0.399 e. The van der Waals surface area contributed by atoms with Crippen molar-refractivity contribution in [3.63, 3.8) is 0 Å². The molecule has 0 spiro atoms. The van der Waals surface area contributed by atoms with Crippen molar-refractivity contribution in [1.82, 2.24) is 0 Å². The predicted molar refractivity (Wildman–Crippen MR) is 73.6 cm³/mol. The third kappa shape index (κ3) is 2.56. The lowest BCUT2D eigenvalue weighted by molar-refractivity contribution is 1.32. The van der Waals surface area contributed by atoms with Gasteiger partial charge in [-0.05, 0) is 35.0 Å². The quantitative estimate of drug-likeness (QED) is 0.480. The fraction of sp³-hybridized carbons (Fsp3) is 0.143. The van der Waals surface area contributed by atoms with Crippen LogP contribution >= 0.6 is 15.9 Å². The van der Waals surface area contributed by atoms with E-state index in [2.05, 4.69) is 39.9 Å². The first-order valence-corrected chi connectivity index (χ1v) is 6.26. The number of anilines is 1. The van der Waals surface area contributed by atoms with E-state index in [1.807, 2.05) is 24.3 Å². The Balaban J connectivity index is 2.38. The molecule has 2 aromatic carbocycles. The van der Waals surface area contributed by atoms with Crippen molar-refractivity contribution in [3.05, 3.63) is 42.0 Å². The minimum absolute atomic E-state index is 0.797. The summed E-state index contributed by atoms with van der Waals surface area (Å²) in [5.41, 5.74) is 7.58. The number of hydrogen-bond donors (Lipinski definition) is 1. The third-order valence-electron chi connectivity index (χ3n) is 2.32. The van der Waals surface area contributed by atoms with Crippen LogP contribution in [-0.4, -0.2) is 5.33 Å². The van der Waals surface area contributed by atoms with Crippen molar-refractivity contribution < 1.29 is 0 Å². The van der Waals surface area contributed by atoms with Gasteiger partial charge in [-0.2, -0.15) is 0 Å². The number of nitrogen functional groups attached to an aromatic ring is 1. The zero-order chi connectivity index (χ0) is 11.4. The lowest BCUT2D eigenvalue weighted by Crippen LogP contribution is -1.84.